The third kappa shape index (κ3) is 9.02. The Morgan fingerprint density at radius 3 is 2.43 bits per heavy atom. The molecule has 0 aliphatic heterocycles. The predicted octanol–water partition coefficient (Wildman–Crippen LogP) is 5.35. The van der Waals surface area contributed by atoms with E-state index >= 15 is 0 Å². The second-order valence-electron chi connectivity index (χ2n) is 8.13. The molecular formula is C26H34N3O7P. The highest BCUT2D eigenvalue weighted by molar-refractivity contribution is 7.52. The summed E-state index contributed by atoms with van der Waals surface area (Å²) in [5.74, 6) is 0.837. The van der Waals surface area contributed by atoms with Gasteiger partial charge < -0.3 is 28.6 Å². The van der Waals surface area contributed by atoms with Gasteiger partial charge in [0, 0.05) is 31.0 Å². The van der Waals surface area contributed by atoms with Gasteiger partial charge in [0.25, 0.3) is 5.91 Å². The fourth-order valence-electron chi connectivity index (χ4n) is 3.48. The molecule has 2 aromatic carbocycles. The van der Waals surface area contributed by atoms with Gasteiger partial charge in [-0.15, -0.1) is 0 Å². The highest BCUT2D eigenvalue weighted by atomic mass is 31.2. The molecule has 1 amide bonds. The summed E-state index contributed by atoms with van der Waals surface area (Å²) < 4.78 is 41.9. The van der Waals surface area contributed by atoms with Crippen LogP contribution in [0, 0.1) is 0 Å². The Balaban J connectivity index is 1.75. The van der Waals surface area contributed by atoms with Crippen LogP contribution in [-0.4, -0.2) is 48.7 Å². The third-order valence-electron chi connectivity index (χ3n) is 4.98. The average Bonchev–Trinajstić information content (AvgIpc) is 3.29. The summed E-state index contributed by atoms with van der Waals surface area (Å²) in [7, 11) is -1.75. The number of benzene rings is 2. The van der Waals surface area contributed by atoms with Crippen molar-refractivity contribution >= 4 is 19.3 Å². The number of ether oxygens (including phenoxy) is 3. The van der Waals surface area contributed by atoms with Crippen molar-refractivity contribution in [2.45, 2.75) is 39.8 Å². The number of hydrogen-bond donors (Lipinski definition) is 1. The van der Waals surface area contributed by atoms with Gasteiger partial charge in [0.1, 0.15) is 30.5 Å². The first kappa shape index (κ1) is 28.4. The lowest BCUT2D eigenvalue weighted by molar-refractivity contribution is 0.0914. The van der Waals surface area contributed by atoms with Gasteiger partial charge in [0.05, 0.1) is 19.8 Å². The molecule has 37 heavy (non-hydrogen) atoms. The van der Waals surface area contributed by atoms with E-state index in [-0.39, 0.29) is 31.4 Å². The van der Waals surface area contributed by atoms with Gasteiger partial charge in [0.15, 0.2) is 5.82 Å². The van der Waals surface area contributed by atoms with Crippen LogP contribution < -0.4 is 14.8 Å². The van der Waals surface area contributed by atoms with E-state index in [1.165, 1.54) is 4.68 Å². The molecule has 3 rings (SSSR count). The molecular weight excluding hydrogens is 497 g/mol. The predicted molar refractivity (Wildman–Crippen MR) is 140 cm³/mol. The van der Waals surface area contributed by atoms with Crippen molar-refractivity contribution in [3.05, 3.63) is 71.9 Å². The van der Waals surface area contributed by atoms with E-state index in [1.807, 2.05) is 37.3 Å². The molecule has 0 radical (unpaired) electrons. The van der Waals surface area contributed by atoms with Gasteiger partial charge in [-0.05, 0) is 38.5 Å². The number of anilines is 1. The third-order valence-corrected chi connectivity index (χ3v) is 6.92. The average molecular weight is 532 g/mol. The second kappa shape index (κ2) is 13.9. The molecule has 0 spiro atoms. The molecule has 10 nitrogen and oxygen atoms in total. The minimum atomic E-state index is -3.34. The van der Waals surface area contributed by atoms with Crippen molar-refractivity contribution in [1.29, 1.82) is 0 Å². The second-order valence-corrected chi connectivity index (χ2v) is 10.2. The lowest BCUT2D eigenvalue weighted by Gasteiger charge is -2.17. The molecule has 3 aromatic rings. The lowest BCUT2D eigenvalue weighted by atomic mass is 10.1. The summed E-state index contributed by atoms with van der Waals surface area (Å²) in [6, 6.07) is 16.3. The van der Waals surface area contributed by atoms with Crippen molar-refractivity contribution in [3.63, 3.8) is 0 Å². The minimum absolute atomic E-state index is 0.0667. The molecule has 0 saturated carbocycles. The van der Waals surface area contributed by atoms with Gasteiger partial charge >= 0.3 is 7.60 Å². The van der Waals surface area contributed by atoms with Gasteiger partial charge in [0.2, 0.25) is 0 Å². The number of carbonyl (C=O) groups is 1. The van der Waals surface area contributed by atoms with Gasteiger partial charge in [-0.3, -0.25) is 14.0 Å². The molecule has 11 heteroatoms. The molecule has 1 atom stereocenters. The van der Waals surface area contributed by atoms with Crippen LogP contribution in [0.25, 0.3) is 0 Å². The van der Waals surface area contributed by atoms with Crippen LogP contribution in [0.15, 0.2) is 60.8 Å². The maximum Gasteiger partial charge on any atom is 0.351 e. The smallest absolute Gasteiger partial charge is 0.351 e. The number of amides is 1. The number of methoxy groups -OCH3 is 1. The highest BCUT2D eigenvalue weighted by Gasteiger charge is 2.25. The van der Waals surface area contributed by atoms with E-state index in [9.17, 15) is 9.36 Å². The molecule has 0 bridgehead atoms. The Morgan fingerprint density at radius 1 is 1.05 bits per heavy atom. The van der Waals surface area contributed by atoms with Crippen LogP contribution >= 0.6 is 7.60 Å². The molecule has 1 aromatic heterocycles. The van der Waals surface area contributed by atoms with Crippen molar-refractivity contribution in [2.75, 3.05) is 32.2 Å². The van der Waals surface area contributed by atoms with Crippen LogP contribution in [0.4, 0.5) is 5.82 Å². The molecule has 0 aliphatic carbocycles. The monoisotopic (exact) mass is 531 g/mol. The van der Waals surface area contributed by atoms with Crippen LogP contribution in [0.2, 0.25) is 0 Å². The summed E-state index contributed by atoms with van der Waals surface area (Å²) in [5.41, 5.74) is 1.32. The van der Waals surface area contributed by atoms with Crippen LogP contribution in [-0.2, 0) is 31.2 Å². The Morgan fingerprint density at radius 2 is 1.76 bits per heavy atom. The van der Waals surface area contributed by atoms with Gasteiger partial charge in [-0.25, -0.2) is 0 Å². The fraction of sp³-hybridized carbons (Fsp3) is 0.385. The summed E-state index contributed by atoms with van der Waals surface area (Å²) in [6.45, 7) is 6.58. The van der Waals surface area contributed by atoms with Crippen molar-refractivity contribution in [3.8, 4) is 11.5 Å². The SMILES string of the molecule is CCOP(=O)(Cn1ccc(NC(=O)c2cc(OCc3ccccc3)cc(O[C@@H](C)COC)c2)n1)OCC. The number of carbonyl (C=O) groups excluding carboxylic acids is 1. The first-order valence-electron chi connectivity index (χ1n) is 12.0. The minimum Gasteiger partial charge on any atom is -0.489 e. The van der Waals surface area contributed by atoms with Crippen LogP contribution in [0.3, 0.4) is 0 Å². The summed E-state index contributed by atoms with van der Waals surface area (Å²) in [4.78, 5) is 13.1. The first-order chi connectivity index (χ1) is 17.8. The molecule has 1 heterocycles. The summed E-state index contributed by atoms with van der Waals surface area (Å²) >= 11 is 0. The zero-order valence-corrected chi connectivity index (χ0v) is 22.5. The van der Waals surface area contributed by atoms with E-state index in [4.69, 9.17) is 23.3 Å². The van der Waals surface area contributed by atoms with E-state index in [1.54, 1.807) is 51.4 Å². The van der Waals surface area contributed by atoms with Gasteiger partial charge in [-0.1, -0.05) is 30.3 Å². The van der Waals surface area contributed by atoms with E-state index in [2.05, 4.69) is 10.4 Å². The maximum absolute atomic E-state index is 13.1. The van der Waals surface area contributed by atoms with Crippen LogP contribution in [0.5, 0.6) is 11.5 Å². The fourth-order valence-corrected chi connectivity index (χ4v) is 5.02. The number of nitrogens with one attached hydrogen (secondary N) is 1. The highest BCUT2D eigenvalue weighted by Crippen LogP contribution is 2.49. The molecule has 200 valence electrons. The Kier molecular flexibility index (Phi) is 10.7. The van der Waals surface area contributed by atoms with Crippen molar-refractivity contribution < 1.29 is 32.6 Å². The van der Waals surface area contributed by atoms with Crippen molar-refractivity contribution in [1.82, 2.24) is 9.78 Å². The largest absolute Gasteiger partial charge is 0.489 e. The molecule has 0 fully saturated rings. The van der Waals surface area contributed by atoms with E-state index < -0.39 is 13.5 Å². The van der Waals surface area contributed by atoms with E-state index in [0.717, 1.165) is 5.56 Å². The number of aromatic nitrogens is 2. The lowest BCUT2D eigenvalue weighted by Crippen LogP contribution is -2.19. The molecule has 1 N–H and O–H groups in total. The molecule has 0 saturated heterocycles. The normalized spacial score (nSPS) is 12.2. The Hall–Kier alpha value is -3.17. The standard InChI is InChI=1S/C26H34N3O7P/c1-5-34-37(31,35-6-2)19-29-13-12-25(28-29)27-26(30)22-14-23(33-18-21-10-8-7-9-11-21)16-24(15-22)36-20(3)17-32-4/h7-16,20H,5-6,17-19H2,1-4H3,(H,27,28,30)/t20-/m0/s1. The number of hydrogen-bond acceptors (Lipinski definition) is 8. The van der Waals surface area contributed by atoms with Crippen LogP contribution in [0.1, 0.15) is 36.7 Å². The first-order valence-corrected chi connectivity index (χ1v) is 13.8. The quantitative estimate of drug-likeness (QED) is 0.261. The van der Waals surface area contributed by atoms with Gasteiger partial charge in [-0.2, -0.15) is 5.10 Å². The zero-order chi connectivity index (χ0) is 26.7. The topological polar surface area (TPSA) is 110 Å². The number of rotatable bonds is 15. The molecule has 0 aliphatic rings. The summed E-state index contributed by atoms with van der Waals surface area (Å²) in [5, 5.41) is 7.05. The number of nitrogens with zero attached hydrogens (tertiary/aromatic N) is 2. The zero-order valence-electron chi connectivity index (χ0n) is 21.6. The maximum atomic E-state index is 13.1. The Bertz CT molecular complexity index is 1180. The Labute approximate surface area is 217 Å². The van der Waals surface area contributed by atoms with E-state index in [0.29, 0.717) is 30.3 Å². The molecule has 0 unspecified atom stereocenters. The van der Waals surface area contributed by atoms with Crippen molar-refractivity contribution in [2.24, 2.45) is 0 Å². The summed E-state index contributed by atoms with van der Waals surface area (Å²) in [6.07, 6.45) is 1.30.